The molecule has 0 aliphatic carbocycles. The summed E-state index contributed by atoms with van der Waals surface area (Å²) in [7, 11) is -6.68. The highest BCUT2D eigenvalue weighted by atomic mass is 32.2. The molecule has 2 N–H and O–H groups in total. The van der Waals surface area contributed by atoms with Crippen LogP contribution < -0.4 is 4.39 Å². The SMILES string of the molecule is [2H]C([2H])([2H])C(O)(c1coc(S(=O)(=O)N[Si](C)(C)C(C)(C)C)c1)C([2H])([2H])[2H]. The molecule has 0 atom stereocenters. The van der Waals surface area contributed by atoms with E-state index < -0.39 is 48.2 Å². The molecular formula is C13H25NO4SSi. The van der Waals surface area contributed by atoms with Gasteiger partial charge >= 0.3 is 0 Å². The van der Waals surface area contributed by atoms with Crippen LogP contribution in [0, 0.1) is 0 Å². The van der Waals surface area contributed by atoms with Gasteiger partial charge in [0.1, 0.15) is 8.24 Å². The Balaban J connectivity index is 3.41. The van der Waals surface area contributed by atoms with Crippen LogP contribution in [0.3, 0.4) is 0 Å². The number of rotatable bonds is 4. The zero-order valence-electron chi connectivity index (χ0n) is 18.2. The average molecular weight is 326 g/mol. The summed E-state index contributed by atoms with van der Waals surface area (Å²) in [5.41, 5.74) is -3.90. The van der Waals surface area contributed by atoms with Gasteiger partial charge in [-0.15, -0.1) is 0 Å². The molecule has 0 saturated heterocycles. The van der Waals surface area contributed by atoms with Crippen LogP contribution in [0.5, 0.6) is 0 Å². The first kappa shape index (κ1) is 10.2. The summed E-state index contributed by atoms with van der Waals surface area (Å²) >= 11 is 0. The first-order chi connectivity index (χ1) is 11.2. The van der Waals surface area contributed by atoms with Crippen LogP contribution >= 0.6 is 0 Å². The Kier molecular flexibility index (Phi) is 2.53. The zero-order valence-corrected chi connectivity index (χ0v) is 14.1. The van der Waals surface area contributed by atoms with Crippen molar-refractivity contribution in [1.29, 1.82) is 0 Å². The molecule has 0 aliphatic rings. The van der Waals surface area contributed by atoms with E-state index in [4.69, 9.17) is 12.6 Å². The normalized spacial score (nSPS) is 20.3. The monoisotopic (exact) mass is 325 g/mol. The maximum absolute atomic E-state index is 12.6. The molecule has 116 valence electrons. The Labute approximate surface area is 131 Å². The predicted octanol–water partition coefficient (Wildman–Crippen LogP) is 2.79. The lowest BCUT2D eigenvalue weighted by Crippen LogP contribution is -2.54. The van der Waals surface area contributed by atoms with Crippen molar-refractivity contribution in [2.24, 2.45) is 0 Å². The van der Waals surface area contributed by atoms with Gasteiger partial charge < -0.3 is 9.52 Å². The van der Waals surface area contributed by atoms with E-state index in [1.165, 1.54) is 0 Å². The van der Waals surface area contributed by atoms with Gasteiger partial charge in [-0.05, 0) is 18.7 Å². The largest absolute Gasteiger partial charge is 0.451 e. The molecule has 0 saturated carbocycles. The topological polar surface area (TPSA) is 79.5 Å². The van der Waals surface area contributed by atoms with Gasteiger partial charge in [0.15, 0.2) is 0 Å². The molecule has 0 bridgehead atoms. The standard InChI is InChI=1S/C13H25NO4SSi/c1-12(2,3)20(6,7)14-19(16,17)11-8-10(9-18-11)13(4,5)15/h8-9,14-15H,1-7H3/i4D3,5D3. The fourth-order valence-corrected chi connectivity index (χ4v) is 5.96. The molecule has 0 radical (unpaired) electrons. The second-order valence-corrected chi connectivity index (χ2v) is 13.3. The maximum atomic E-state index is 12.6. The van der Waals surface area contributed by atoms with E-state index in [1.807, 2.05) is 20.8 Å². The second-order valence-electron chi connectivity index (χ2n) is 6.35. The van der Waals surface area contributed by atoms with E-state index in [9.17, 15) is 13.5 Å². The van der Waals surface area contributed by atoms with Crippen molar-refractivity contribution in [2.45, 2.75) is 63.3 Å². The van der Waals surface area contributed by atoms with E-state index in [2.05, 4.69) is 4.39 Å². The lowest BCUT2D eigenvalue weighted by molar-refractivity contribution is 0.0779. The summed E-state index contributed by atoms with van der Waals surface area (Å²) in [6, 6.07) is 0.744. The van der Waals surface area contributed by atoms with Crippen LogP contribution in [0.4, 0.5) is 0 Å². The van der Waals surface area contributed by atoms with E-state index >= 15 is 0 Å². The van der Waals surface area contributed by atoms with Gasteiger partial charge in [-0.1, -0.05) is 33.9 Å². The molecule has 5 nitrogen and oxygen atoms in total. The summed E-state index contributed by atoms with van der Waals surface area (Å²) in [4.78, 5) is 0. The first-order valence-electron chi connectivity index (χ1n) is 9.02. The predicted molar refractivity (Wildman–Crippen MR) is 81.5 cm³/mol. The third kappa shape index (κ3) is 3.72. The summed E-state index contributed by atoms with van der Waals surface area (Å²) in [5, 5.41) is 9.43. The molecule has 1 aromatic rings. The van der Waals surface area contributed by atoms with Crippen molar-refractivity contribution in [3.05, 3.63) is 17.9 Å². The minimum absolute atomic E-state index is 0.326. The van der Waals surface area contributed by atoms with Crippen molar-refractivity contribution in [2.75, 3.05) is 0 Å². The summed E-state index contributed by atoms with van der Waals surface area (Å²) in [5.74, 6) is 0. The minimum atomic E-state index is -4.16. The van der Waals surface area contributed by atoms with Gasteiger partial charge in [0.05, 0.1) is 11.9 Å². The number of aliphatic hydroxyl groups is 1. The molecule has 0 fully saturated rings. The van der Waals surface area contributed by atoms with Crippen LogP contribution in [0.1, 0.15) is 48.3 Å². The molecular weight excluding hydrogens is 294 g/mol. The number of furan rings is 1. The van der Waals surface area contributed by atoms with Crippen molar-refractivity contribution in [1.82, 2.24) is 4.39 Å². The summed E-state index contributed by atoms with van der Waals surface area (Å²) in [6.07, 6.45) is 0.652. The fourth-order valence-electron chi connectivity index (χ4n) is 1.19. The first-order valence-corrected chi connectivity index (χ1v) is 10.5. The number of hydrogen-bond acceptors (Lipinski definition) is 4. The molecule has 7 heteroatoms. The quantitative estimate of drug-likeness (QED) is 0.834. The highest BCUT2D eigenvalue weighted by Crippen LogP contribution is 2.35. The Bertz CT molecular complexity index is 747. The molecule has 20 heavy (non-hydrogen) atoms. The van der Waals surface area contributed by atoms with Crippen molar-refractivity contribution in [3.8, 4) is 0 Å². The lowest BCUT2D eigenvalue weighted by atomic mass is 10.0. The third-order valence-corrected chi connectivity index (χ3v) is 11.1. The number of sulfonamides is 1. The van der Waals surface area contributed by atoms with Crippen LogP contribution in [-0.4, -0.2) is 21.8 Å². The lowest BCUT2D eigenvalue weighted by Gasteiger charge is -2.36. The van der Waals surface area contributed by atoms with Crippen molar-refractivity contribution < 1.29 is 26.2 Å². The summed E-state index contributed by atoms with van der Waals surface area (Å²) < 4.78 is 77.1. The second kappa shape index (κ2) is 4.98. The smallest absolute Gasteiger partial charge is 0.268 e. The fraction of sp³-hybridized carbons (Fsp3) is 0.692. The minimum Gasteiger partial charge on any atom is -0.451 e. The van der Waals surface area contributed by atoms with Gasteiger partial charge in [-0.25, -0.2) is 12.8 Å². The van der Waals surface area contributed by atoms with E-state index in [0.29, 0.717) is 6.26 Å². The van der Waals surface area contributed by atoms with E-state index in [0.717, 1.165) is 6.07 Å². The van der Waals surface area contributed by atoms with Gasteiger partial charge in [0.2, 0.25) is 5.09 Å². The Morgan fingerprint density at radius 3 is 2.35 bits per heavy atom. The van der Waals surface area contributed by atoms with Gasteiger partial charge in [0.25, 0.3) is 10.0 Å². The van der Waals surface area contributed by atoms with Gasteiger partial charge in [0, 0.05) is 19.9 Å². The molecule has 0 aliphatic heterocycles. The third-order valence-electron chi connectivity index (χ3n) is 3.52. The highest BCUT2D eigenvalue weighted by molar-refractivity contribution is 7.90. The number of nitrogens with one attached hydrogen (secondary N) is 1. The van der Waals surface area contributed by atoms with Gasteiger partial charge in [-0.3, -0.25) is 0 Å². The Hall–Kier alpha value is -0.633. The molecule has 0 unspecified atom stereocenters. The van der Waals surface area contributed by atoms with Crippen molar-refractivity contribution >= 4 is 18.3 Å². The Morgan fingerprint density at radius 2 is 1.90 bits per heavy atom. The maximum Gasteiger partial charge on any atom is 0.268 e. The summed E-state index contributed by atoms with van der Waals surface area (Å²) in [6.45, 7) is 2.61. The molecule has 1 rings (SSSR count). The van der Waals surface area contributed by atoms with Crippen LogP contribution in [-0.2, 0) is 15.6 Å². The van der Waals surface area contributed by atoms with E-state index in [-0.39, 0.29) is 5.04 Å². The van der Waals surface area contributed by atoms with Crippen LogP contribution in [0.2, 0.25) is 18.1 Å². The van der Waals surface area contributed by atoms with Crippen molar-refractivity contribution in [3.63, 3.8) is 0 Å². The van der Waals surface area contributed by atoms with Crippen LogP contribution in [0.25, 0.3) is 0 Å². The Morgan fingerprint density at radius 1 is 1.35 bits per heavy atom. The van der Waals surface area contributed by atoms with Gasteiger partial charge in [-0.2, -0.15) is 0 Å². The molecule has 0 amide bonds. The van der Waals surface area contributed by atoms with Crippen LogP contribution in [0.15, 0.2) is 21.8 Å². The van der Waals surface area contributed by atoms with E-state index in [1.54, 1.807) is 13.1 Å². The average Bonchev–Trinajstić information content (AvgIpc) is 2.82. The highest BCUT2D eigenvalue weighted by Gasteiger charge is 2.40. The molecule has 0 spiro atoms. The molecule has 0 aromatic carbocycles. The molecule has 1 heterocycles. The zero-order chi connectivity index (χ0) is 21.0. The molecule has 1 aromatic heterocycles. The number of hydrogen-bond donors (Lipinski definition) is 2.